The highest BCUT2D eigenvalue weighted by atomic mass is 16.5. The van der Waals surface area contributed by atoms with Crippen molar-refractivity contribution in [2.45, 2.75) is 0 Å². The maximum Gasteiger partial charge on any atom is 0.235 e. The van der Waals surface area contributed by atoms with Crippen molar-refractivity contribution in [1.82, 2.24) is 0 Å². The number of hydrogen-bond donors (Lipinski definition) is 1. The van der Waals surface area contributed by atoms with Gasteiger partial charge in [0.1, 0.15) is 5.58 Å². The van der Waals surface area contributed by atoms with Gasteiger partial charge in [-0.3, -0.25) is 4.79 Å². The molecule has 130 valence electrons. The Hall–Kier alpha value is -3.47. The van der Waals surface area contributed by atoms with Crippen LogP contribution in [-0.2, 0) is 0 Å². The summed E-state index contributed by atoms with van der Waals surface area (Å²) in [6.45, 7) is 0. The lowest BCUT2D eigenvalue weighted by atomic mass is 10.0. The maximum absolute atomic E-state index is 12.7. The van der Waals surface area contributed by atoms with Gasteiger partial charge in [0.25, 0.3) is 0 Å². The van der Waals surface area contributed by atoms with E-state index in [4.69, 9.17) is 13.9 Å². The average molecular weight is 348 g/mol. The second-order valence-corrected chi connectivity index (χ2v) is 5.84. The summed E-state index contributed by atoms with van der Waals surface area (Å²) in [6, 6.07) is 16.2. The molecule has 1 heterocycles. The lowest BCUT2D eigenvalue weighted by molar-refractivity contribution is 0.355. The van der Waals surface area contributed by atoms with Gasteiger partial charge < -0.3 is 19.0 Å². The molecular formula is C21H16O5. The minimum absolute atomic E-state index is 0.0970. The SMILES string of the molecule is COc1ccc(-c2oc3c(ccc4ccccc43)c(=O)c2O)cc1OC. The summed E-state index contributed by atoms with van der Waals surface area (Å²) in [4.78, 5) is 12.7. The van der Waals surface area contributed by atoms with E-state index in [0.717, 1.165) is 10.8 Å². The van der Waals surface area contributed by atoms with Crippen molar-refractivity contribution < 1.29 is 19.0 Å². The molecule has 5 heteroatoms. The molecule has 5 nitrogen and oxygen atoms in total. The van der Waals surface area contributed by atoms with E-state index in [1.807, 2.05) is 30.3 Å². The van der Waals surface area contributed by atoms with Crippen LogP contribution >= 0.6 is 0 Å². The first-order chi connectivity index (χ1) is 12.6. The zero-order chi connectivity index (χ0) is 18.3. The van der Waals surface area contributed by atoms with E-state index in [1.54, 1.807) is 24.3 Å². The van der Waals surface area contributed by atoms with Crippen molar-refractivity contribution in [1.29, 1.82) is 0 Å². The first kappa shape index (κ1) is 16.0. The molecule has 0 unspecified atom stereocenters. The van der Waals surface area contributed by atoms with Crippen LogP contribution in [0.3, 0.4) is 0 Å². The monoisotopic (exact) mass is 348 g/mol. The van der Waals surface area contributed by atoms with E-state index < -0.39 is 11.2 Å². The molecule has 1 aromatic heterocycles. The van der Waals surface area contributed by atoms with Crippen LogP contribution in [0.2, 0.25) is 0 Å². The molecule has 1 N–H and O–H groups in total. The predicted octanol–water partition coefficient (Wildman–Crippen LogP) is 4.34. The molecule has 0 saturated carbocycles. The third-order valence-electron chi connectivity index (χ3n) is 4.40. The highest BCUT2D eigenvalue weighted by Crippen LogP contribution is 2.37. The van der Waals surface area contributed by atoms with Crippen molar-refractivity contribution in [3.8, 4) is 28.6 Å². The van der Waals surface area contributed by atoms with E-state index in [0.29, 0.717) is 28.0 Å². The fraction of sp³-hybridized carbons (Fsp3) is 0.0952. The van der Waals surface area contributed by atoms with Crippen LogP contribution in [0.5, 0.6) is 17.2 Å². The van der Waals surface area contributed by atoms with Gasteiger partial charge in [0.2, 0.25) is 11.2 Å². The Kier molecular flexibility index (Phi) is 3.77. The van der Waals surface area contributed by atoms with Crippen molar-refractivity contribution in [3.05, 3.63) is 64.8 Å². The number of methoxy groups -OCH3 is 2. The van der Waals surface area contributed by atoms with E-state index in [-0.39, 0.29) is 5.76 Å². The molecule has 0 aliphatic carbocycles. The molecule has 0 saturated heterocycles. The Bertz CT molecular complexity index is 1190. The molecule has 4 rings (SSSR count). The second-order valence-electron chi connectivity index (χ2n) is 5.84. The minimum Gasteiger partial charge on any atom is -0.502 e. The Labute approximate surface area is 149 Å². The molecule has 3 aromatic carbocycles. The summed E-state index contributed by atoms with van der Waals surface area (Å²) in [5, 5.41) is 12.5. The van der Waals surface area contributed by atoms with Gasteiger partial charge in [0.15, 0.2) is 17.3 Å². The van der Waals surface area contributed by atoms with Crippen LogP contribution in [0.15, 0.2) is 63.8 Å². The summed E-state index contributed by atoms with van der Waals surface area (Å²) in [6.07, 6.45) is 0. The van der Waals surface area contributed by atoms with Gasteiger partial charge in [-0.05, 0) is 29.7 Å². The molecule has 0 atom stereocenters. The van der Waals surface area contributed by atoms with Crippen molar-refractivity contribution in [2.75, 3.05) is 14.2 Å². The number of hydrogen-bond acceptors (Lipinski definition) is 5. The maximum atomic E-state index is 12.7. The van der Waals surface area contributed by atoms with E-state index in [1.165, 1.54) is 14.2 Å². The normalized spacial score (nSPS) is 11.0. The predicted molar refractivity (Wildman–Crippen MR) is 100 cm³/mol. The average Bonchev–Trinajstić information content (AvgIpc) is 2.69. The number of ether oxygens (including phenoxy) is 2. The highest BCUT2D eigenvalue weighted by molar-refractivity contribution is 6.04. The van der Waals surface area contributed by atoms with Crippen LogP contribution in [0, 0.1) is 0 Å². The fourth-order valence-electron chi connectivity index (χ4n) is 3.09. The largest absolute Gasteiger partial charge is 0.502 e. The van der Waals surface area contributed by atoms with Gasteiger partial charge in [0.05, 0.1) is 19.6 Å². The molecule has 0 aliphatic rings. The molecule has 0 aliphatic heterocycles. The molecule has 0 fully saturated rings. The van der Waals surface area contributed by atoms with Gasteiger partial charge in [-0.25, -0.2) is 0 Å². The minimum atomic E-state index is -0.471. The molecular weight excluding hydrogens is 332 g/mol. The standard InChI is InChI=1S/C21H16O5/c1-24-16-10-8-13(11-17(16)25-2)20-19(23)18(22)15-9-7-12-5-3-4-6-14(12)21(15)26-20/h3-11,23H,1-2H3. The van der Waals surface area contributed by atoms with Crippen LogP contribution in [0.4, 0.5) is 0 Å². The molecule has 0 radical (unpaired) electrons. The van der Waals surface area contributed by atoms with Gasteiger partial charge >= 0.3 is 0 Å². The quantitative estimate of drug-likeness (QED) is 0.558. The highest BCUT2D eigenvalue weighted by Gasteiger charge is 2.18. The van der Waals surface area contributed by atoms with Crippen LogP contribution in [0.25, 0.3) is 33.1 Å². The molecule has 4 aromatic rings. The fourth-order valence-corrected chi connectivity index (χ4v) is 3.09. The molecule has 0 bridgehead atoms. The lowest BCUT2D eigenvalue weighted by Crippen LogP contribution is -2.03. The molecule has 0 amide bonds. The van der Waals surface area contributed by atoms with Gasteiger partial charge in [0, 0.05) is 10.9 Å². The summed E-state index contributed by atoms with van der Waals surface area (Å²) in [7, 11) is 3.06. The Morgan fingerprint density at radius 2 is 1.65 bits per heavy atom. The van der Waals surface area contributed by atoms with Gasteiger partial charge in [-0.1, -0.05) is 30.3 Å². The van der Waals surface area contributed by atoms with Gasteiger partial charge in [-0.2, -0.15) is 0 Å². The van der Waals surface area contributed by atoms with E-state index >= 15 is 0 Å². The van der Waals surface area contributed by atoms with Gasteiger partial charge in [-0.15, -0.1) is 0 Å². The number of aromatic hydroxyl groups is 1. The smallest absolute Gasteiger partial charge is 0.235 e. The zero-order valence-electron chi connectivity index (χ0n) is 14.3. The number of benzene rings is 3. The van der Waals surface area contributed by atoms with E-state index in [2.05, 4.69) is 0 Å². The van der Waals surface area contributed by atoms with Crippen LogP contribution < -0.4 is 14.9 Å². The lowest BCUT2D eigenvalue weighted by Gasteiger charge is -2.11. The van der Waals surface area contributed by atoms with Crippen molar-refractivity contribution >= 4 is 21.7 Å². The number of rotatable bonds is 3. The Balaban J connectivity index is 2.06. The Morgan fingerprint density at radius 3 is 2.42 bits per heavy atom. The second kappa shape index (κ2) is 6.11. The zero-order valence-corrected chi connectivity index (χ0v) is 14.3. The number of fused-ring (bicyclic) bond motifs is 3. The van der Waals surface area contributed by atoms with E-state index in [9.17, 15) is 9.90 Å². The van der Waals surface area contributed by atoms with Crippen molar-refractivity contribution in [2.24, 2.45) is 0 Å². The summed E-state index contributed by atoms with van der Waals surface area (Å²) >= 11 is 0. The third-order valence-corrected chi connectivity index (χ3v) is 4.40. The molecule has 26 heavy (non-hydrogen) atoms. The third kappa shape index (κ3) is 2.37. The summed E-state index contributed by atoms with van der Waals surface area (Å²) in [5.41, 5.74) is 0.490. The molecule has 0 spiro atoms. The first-order valence-corrected chi connectivity index (χ1v) is 8.04. The Morgan fingerprint density at radius 1 is 0.885 bits per heavy atom. The topological polar surface area (TPSA) is 68.9 Å². The summed E-state index contributed by atoms with van der Waals surface area (Å²) < 4.78 is 16.5. The van der Waals surface area contributed by atoms with Crippen LogP contribution in [0.1, 0.15) is 0 Å². The first-order valence-electron chi connectivity index (χ1n) is 8.04. The van der Waals surface area contributed by atoms with Crippen LogP contribution in [-0.4, -0.2) is 19.3 Å². The van der Waals surface area contributed by atoms with Crippen molar-refractivity contribution in [3.63, 3.8) is 0 Å². The summed E-state index contributed by atoms with van der Waals surface area (Å²) in [5.74, 6) is 0.689.